The largest absolute Gasteiger partial charge is 1.00 e. The number of hydrogen-bond acceptors (Lipinski definition) is 4. The normalized spacial score (nSPS) is 10.7. The molecule has 1 aromatic heterocycles. The van der Waals surface area contributed by atoms with Crippen LogP contribution in [0, 0.1) is 6.92 Å². The molecule has 0 bridgehead atoms. The fourth-order valence-corrected chi connectivity index (χ4v) is 5.47. The number of amides is 1. The van der Waals surface area contributed by atoms with Gasteiger partial charge in [-0.1, -0.05) is 101 Å². The molecule has 0 aliphatic heterocycles. The van der Waals surface area contributed by atoms with Crippen molar-refractivity contribution in [3.8, 4) is 5.75 Å². The zero-order valence-corrected chi connectivity index (χ0v) is 27.5. The Morgan fingerprint density at radius 1 is 0.854 bits per heavy atom. The number of rotatable bonds is 19. The summed E-state index contributed by atoms with van der Waals surface area (Å²) in [5.41, 5.74) is 4.87. The van der Waals surface area contributed by atoms with Crippen molar-refractivity contribution in [2.45, 2.75) is 104 Å². The van der Waals surface area contributed by atoms with Crippen LogP contribution in [-0.4, -0.2) is 18.3 Å². The highest BCUT2D eigenvalue weighted by Gasteiger charge is 2.14. The van der Waals surface area contributed by atoms with Crippen molar-refractivity contribution >= 4 is 28.7 Å². The van der Waals surface area contributed by atoms with Crippen molar-refractivity contribution < 1.29 is 35.9 Å². The average molecular weight is 644 g/mol. The molecule has 3 aromatic rings. The number of Topliss-reactive ketones (excluding diaryl/α,β-unsaturated/α-hetero) is 1. The summed E-state index contributed by atoms with van der Waals surface area (Å²) >= 11 is 1.72. The minimum Gasteiger partial charge on any atom is -1.00 e. The molecule has 0 saturated heterocycles. The van der Waals surface area contributed by atoms with E-state index in [4.69, 9.17) is 4.74 Å². The number of thiazole rings is 1. The van der Waals surface area contributed by atoms with Crippen molar-refractivity contribution in [1.82, 2.24) is 0 Å². The second-order valence-corrected chi connectivity index (χ2v) is 11.9. The molecule has 0 aliphatic carbocycles. The summed E-state index contributed by atoms with van der Waals surface area (Å²) in [6, 6.07) is 13.0. The van der Waals surface area contributed by atoms with E-state index in [2.05, 4.69) is 35.4 Å². The molecule has 1 heterocycles. The van der Waals surface area contributed by atoms with Crippen LogP contribution in [0.25, 0.3) is 0 Å². The van der Waals surface area contributed by atoms with E-state index in [0.717, 1.165) is 30.6 Å². The average Bonchev–Trinajstić information content (AvgIpc) is 3.36. The monoisotopic (exact) mass is 642 g/mol. The van der Waals surface area contributed by atoms with E-state index >= 15 is 0 Å². The van der Waals surface area contributed by atoms with Gasteiger partial charge in [0.1, 0.15) is 5.75 Å². The molecule has 0 aliphatic rings. The van der Waals surface area contributed by atoms with Crippen LogP contribution in [-0.2, 0) is 6.54 Å². The van der Waals surface area contributed by atoms with Crippen LogP contribution in [0.4, 0.5) is 5.69 Å². The van der Waals surface area contributed by atoms with Crippen LogP contribution in [0.5, 0.6) is 5.75 Å². The summed E-state index contributed by atoms with van der Waals surface area (Å²) in [5.74, 6) is 0.202. The molecule has 224 valence electrons. The fraction of sp³-hybridized carbons (Fsp3) is 0.500. The maximum absolute atomic E-state index is 12.9. The Morgan fingerprint density at radius 2 is 1.46 bits per heavy atom. The van der Waals surface area contributed by atoms with Gasteiger partial charge in [0.05, 0.1) is 17.0 Å². The van der Waals surface area contributed by atoms with Crippen molar-refractivity contribution in [2.75, 3.05) is 11.9 Å². The second-order valence-electron chi connectivity index (χ2n) is 10.8. The first-order valence-corrected chi connectivity index (χ1v) is 16.0. The van der Waals surface area contributed by atoms with Gasteiger partial charge in [-0.15, -0.1) is 0 Å². The first kappa shape index (κ1) is 34.7. The van der Waals surface area contributed by atoms with Gasteiger partial charge in [0.2, 0.25) is 5.51 Å². The summed E-state index contributed by atoms with van der Waals surface area (Å²) in [5, 5.41) is 2.94. The standard InChI is InChI=1S/C34H46N2O3S.BrH/c1-4-5-6-7-8-9-10-11-12-13-14-15-22-39-33-21-18-30(23-32(33)28(3)37)34(38)35-31-19-16-29(17-20-31)25-36-24-27(2)40-26-36;/h16-21,23-24,26H,4-15,22,25H2,1-3H3;1H. The van der Waals surface area contributed by atoms with Gasteiger partial charge in [0, 0.05) is 16.8 Å². The zero-order valence-electron chi connectivity index (χ0n) is 25.1. The third-order valence-electron chi connectivity index (χ3n) is 7.18. The van der Waals surface area contributed by atoms with E-state index in [0.29, 0.717) is 23.5 Å². The van der Waals surface area contributed by atoms with Crippen LogP contribution in [0.15, 0.2) is 54.2 Å². The number of ketones is 1. The molecule has 1 amide bonds. The zero-order chi connectivity index (χ0) is 28.6. The Kier molecular flexibility index (Phi) is 16.6. The SMILES string of the molecule is CCCCCCCCCCCCCCOc1ccc(C(=O)Nc2ccc(C[n+]3csc(C)c3)cc2)cc1C(C)=O.[Br-]. The maximum atomic E-state index is 12.9. The summed E-state index contributed by atoms with van der Waals surface area (Å²) in [7, 11) is 0. The number of halogens is 1. The molecule has 0 atom stereocenters. The molecular formula is C34H47BrN2O3S. The van der Waals surface area contributed by atoms with Crippen LogP contribution >= 0.6 is 11.3 Å². The number of nitrogens with one attached hydrogen (secondary N) is 1. The van der Waals surface area contributed by atoms with Gasteiger partial charge in [-0.3, -0.25) is 9.59 Å². The first-order chi connectivity index (χ1) is 19.5. The van der Waals surface area contributed by atoms with Crippen molar-refractivity contribution in [2.24, 2.45) is 0 Å². The number of anilines is 1. The van der Waals surface area contributed by atoms with E-state index in [9.17, 15) is 9.59 Å². The minimum atomic E-state index is -0.245. The smallest absolute Gasteiger partial charge is 0.255 e. The predicted molar refractivity (Wildman–Crippen MR) is 166 cm³/mol. The van der Waals surface area contributed by atoms with Gasteiger partial charge >= 0.3 is 0 Å². The molecule has 0 saturated carbocycles. The molecule has 0 spiro atoms. The summed E-state index contributed by atoms with van der Waals surface area (Å²) in [6.07, 6.45) is 17.6. The quantitative estimate of drug-likeness (QED) is 0.100. The Morgan fingerprint density at radius 3 is 2.02 bits per heavy atom. The van der Waals surface area contributed by atoms with Gasteiger partial charge in [0.25, 0.3) is 5.91 Å². The van der Waals surface area contributed by atoms with Crippen LogP contribution < -0.4 is 31.6 Å². The fourth-order valence-electron chi connectivity index (χ4n) is 4.83. The highest BCUT2D eigenvalue weighted by molar-refractivity contribution is 7.09. The van der Waals surface area contributed by atoms with E-state index in [1.54, 1.807) is 29.5 Å². The molecule has 7 heteroatoms. The number of ether oxygens (including phenoxy) is 1. The highest BCUT2D eigenvalue weighted by Crippen LogP contribution is 2.23. The number of unbranched alkanes of at least 4 members (excludes halogenated alkanes) is 11. The Balaban J connectivity index is 0.00000588. The lowest BCUT2D eigenvalue weighted by Crippen LogP contribution is -3.00. The predicted octanol–water partition coefficient (Wildman–Crippen LogP) is 5.93. The molecule has 0 unspecified atom stereocenters. The second kappa shape index (κ2) is 19.6. The number of carbonyl (C=O) groups is 2. The Bertz CT molecular complexity index is 1190. The topological polar surface area (TPSA) is 59.3 Å². The van der Waals surface area contributed by atoms with Gasteiger partial charge in [-0.2, -0.15) is 4.57 Å². The van der Waals surface area contributed by atoms with E-state index in [1.807, 2.05) is 24.3 Å². The summed E-state index contributed by atoms with van der Waals surface area (Å²) < 4.78 is 8.10. The molecule has 41 heavy (non-hydrogen) atoms. The van der Waals surface area contributed by atoms with Gasteiger partial charge in [0.15, 0.2) is 18.5 Å². The summed E-state index contributed by atoms with van der Waals surface area (Å²) in [6.45, 7) is 7.24. The van der Waals surface area contributed by atoms with Crippen molar-refractivity contribution in [3.05, 3.63) is 75.7 Å². The van der Waals surface area contributed by atoms with E-state index in [1.165, 1.54) is 76.0 Å². The number of hydrogen-bond donors (Lipinski definition) is 1. The molecule has 0 fully saturated rings. The molecule has 1 N–H and O–H groups in total. The van der Waals surface area contributed by atoms with Crippen molar-refractivity contribution in [3.63, 3.8) is 0 Å². The lowest BCUT2D eigenvalue weighted by atomic mass is 10.1. The lowest BCUT2D eigenvalue weighted by molar-refractivity contribution is -0.683. The lowest BCUT2D eigenvalue weighted by Gasteiger charge is -2.12. The molecule has 3 rings (SSSR count). The molecule has 0 radical (unpaired) electrons. The van der Waals surface area contributed by atoms with E-state index < -0.39 is 0 Å². The summed E-state index contributed by atoms with van der Waals surface area (Å²) in [4.78, 5) is 26.5. The van der Waals surface area contributed by atoms with Crippen LogP contribution in [0.1, 0.15) is 122 Å². The minimum absolute atomic E-state index is 0. The van der Waals surface area contributed by atoms with Crippen molar-refractivity contribution in [1.29, 1.82) is 0 Å². The molecule has 5 nitrogen and oxygen atoms in total. The number of aryl methyl sites for hydroxylation is 1. The van der Waals surface area contributed by atoms with Crippen LogP contribution in [0.2, 0.25) is 0 Å². The third kappa shape index (κ3) is 12.9. The number of benzene rings is 2. The number of nitrogens with zero attached hydrogens (tertiary/aromatic N) is 1. The Hall–Kier alpha value is -2.51. The molecular weight excluding hydrogens is 596 g/mol. The number of aromatic nitrogens is 1. The molecule has 2 aromatic carbocycles. The van der Waals surface area contributed by atoms with Gasteiger partial charge in [-0.05, 0) is 50.6 Å². The maximum Gasteiger partial charge on any atom is 0.255 e. The van der Waals surface area contributed by atoms with Crippen LogP contribution in [0.3, 0.4) is 0 Å². The first-order valence-electron chi connectivity index (χ1n) is 15.1. The highest BCUT2D eigenvalue weighted by atomic mass is 79.9. The Labute approximate surface area is 261 Å². The van der Waals surface area contributed by atoms with Gasteiger partial charge in [-0.25, -0.2) is 0 Å². The third-order valence-corrected chi connectivity index (χ3v) is 8.03. The number of carbonyl (C=O) groups excluding carboxylic acids is 2. The van der Waals surface area contributed by atoms with E-state index in [-0.39, 0.29) is 28.7 Å². The van der Waals surface area contributed by atoms with Gasteiger partial charge < -0.3 is 27.0 Å².